The van der Waals surface area contributed by atoms with Crippen molar-refractivity contribution in [3.63, 3.8) is 0 Å². The van der Waals surface area contributed by atoms with Gasteiger partial charge in [0.2, 0.25) is 0 Å². The van der Waals surface area contributed by atoms with Crippen LogP contribution in [0.25, 0.3) is 22.2 Å². The fraction of sp³-hybridized carbons (Fsp3) is 0. The van der Waals surface area contributed by atoms with Crippen molar-refractivity contribution in [1.29, 1.82) is 0 Å². The van der Waals surface area contributed by atoms with E-state index in [4.69, 9.17) is 10.2 Å². The van der Waals surface area contributed by atoms with E-state index in [0.717, 1.165) is 5.56 Å². The van der Waals surface area contributed by atoms with Gasteiger partial charge in [-0.05, 0) is 0 Å². The summed E-state index contributed by atoms with van der Waals surface area (Å²) in [6, 6.07) is 11.1. The third kappa shape index (κ3) is 1.48. The minimum Gasteiger partial charge on any atom is -0.422 e. The van der Waals surface area contributed by atoms with Crippen molar-refractivity contribution in [2.75, 3.05) is 5.73 Å². The Morgan fingerprint density at radius 2 is 2.00 bits per heavy atom. The molecule has 3 aromatic rings. The van der Waals surface area contributed by atoms with Crippen LogP contribution in [0.15, 0.2) is 45.6 Å². The van der Waals surface area contributed by atoms with Gasteiger partial charge in [0, 0.05) is 11.6 Å². The highest BCUT2D eigenvalue weighted by Gasteiger charge is 2.11. The summed E-state index contributed by atoms with van der Waals surface area (Å²) in [5, 5.41) is 6.78. The van der Waals surface area contributed by atoms with E-state index in [-0.39, 0.29) is 5.82 Å². The van der Waals surface area contributed by atoms with Gasteiger partial charge < -0.3 is 10.2 Å². The molecule has 0 aliphatic carbocycles. The molecule has 0 spiro atoms. The van der Waals surface area contributed by atoms with Gasteiger partial charge in [-0.25, -0.2) is 4.79 Å². The van der Waals surface area contributed by atoms with Crippen LogP contribution in [0.1, 0.15) is 0 Å². The van der Waals surface area contributed by atoms with Crippen molar-refractivity contribution in [2.24, 2.45) is 0 Å². The molecule has 0 saturated heterocycles. The summed E-state index contributed by atoms with van der Waals surface area (Å²) in [6.07, 6.45) is 0. The molecule has 0 radical (unpaired) electrons. The zero-order valence-corrected chi connectivity index (χ0v) is 8.81. The van der Waals surface area contributed by atoms with Gasteiger partial charge >= 0.3 is 5.63 Å². The maximum absolute atomic E-state index is 11.7. The topological polar surface area (TPSA) is 84.9 Å². The van der Waals surface area contributed by atoms with Crippen molar-refractivity contribution in [3.8, 4) is 11.3 Å². The predicted molar refractivity (Wildman–Crippen MR) is 64.5 cm³/mol. The van der Waals surface area contributed by atoms with Gasteiger partial charge in [-0.15, -0.1) is 0 Å². The molecule has 0 aliphatic rings. The second-order valence-corrected chi connectivity index (χ2v) is 3.66. The molecular formula is C12H9N3O2. The van der Waals surface area contributed by atoms with Crippen LogP contribution in [0.3, 0.4) is 0 Å². The fourth-order valence-corrected chi connectivity index (χ4v) is 1.75. The molecule has 0 fully saturated rings. The van der Waals surface area contributed by atoms with E-state index in [9.17, 15) is 4.79 Å². The molecule has 3 N–H and O–H groups in total. The number of fused-ring (bicyclic) bond motifs is 1. The fourth-order valence-electron chi connectivity index (χ4n) is 1.75. The summed E-state index contributed by atoms with van der Waals surface area (Å²) in [4.78, 5) is 11.7. The van der Waals surface area contributed by atoms with Crippen LogP contribution in [0.2, 0.25) is 0 Å². The maximum atomic E-state index is 11.7. The number of nitrogen functional groups attached to an aromatic ring is 1. The third-order valence-electron chi connectivity index (χ3n) is 2.56. The number of nitrogens with one attached hydrogen (secondary N) is 1. The quantitative estimate of drug-likeness (QED) is 0.663. The number of rotatable bonds is 1. The summed E-state index contributed by atoms with van der Waals surface area (Å²) in [7, 11) is 0. The van der Waals surface area contributed by atoms with Crippen molar-refractivity contribution < 1.29 is 4.42 Å². The highest BCUT2D eigenvalue weighted by Crippen LogP contribution is 2.22. The standard InChI is InChI=1S/C12H9N3O2/c13-11-10-8(14-15-11)6-9(17-12(10)16)7-4-2-1-3-5-7/h1-6H,(H3,13,14,15). The zero-order chi connectivity index (χ0) is 11.8. The van der Waals surface area contributed by atoms with Gasteiger partial charge in [-0.2, -0.15) is 5.10 Å². The number of benzene rings is 1. The van der Waals surface area contributed by atoms with E-state index in [1.807, 2.05) is 30.3 Å². The van der Waals surface area contributed by atoms with E-state index in [0.29, 0.717) is 16.7 Å². The molecule has 1 aromatic carbocycles. The number of anilines is 1. The zero-order valence-electron chi connectivity index (χ0n) is 8.81. The first kappa shape index (κ1) is 9.65. The summed E-state index contributed by atoms with van der Waals surface area (Å²) in [5.74, 6) is 0.653. The van der Waals surface area contributed by atoms with E-state index in [2.05, 4.69) is 10.2 Å². The lowest BCUT2D eigenvalue weighted by molar-refractivity contribution is 0.535. The lowest BCUT2D eigenvalue weighted by Gasteiger charge is -1.99. The van der Waals surface area contributed by atoms with Gasteiger partial charge in [0.25, 0.3) is 0 Å². The molecule has 5 nitrogen and oxygen atoms in total. The predicted octanol–water partition coefficient (Wildman–Crippen LogP) is 1.77. The number of aromatic amines is 1. The first-order chi connectivity index (χ1) is 8.25. The Balaban J connectivity index is 2.30. The van der Waals surface area contributed by atoms with Crippen molar-refractivity contribution in [2.45, 2.75) is 0 Å². The molecule has 84 valence electrons. The Labute approximate surface area is 95.9 Å². The molecule has 0 amide bonds. The Bertz CT molecular complexity index is 728. The highest BCUT2D eigenvalue weighted by molar-refractivity contribution is 5.88. The summed E-state index contributed by atoms with van der Waals surface area (Å²) in [5.41, 5.74) is 6.50. The largest absolute Gasteiger partial charge is 0.422 e. The summed E-state index contributed by atoms with van der Waals surface area (Å²) < 4.78 is 5.22. The van der Waals surface area contributed by atoms with Crippen molar-refractivity contribution >= 4 is 16.7 Å². The average Bonchev–Trinajstić information content (AvgIpc) is 2.73. The molecular weight excluding hydrogens is 218 g/mol. The van der Waals surface area contributed by atoms with Gasteiger partial charge in [0.05, 0.1) is 5.52 Å². The summed E-state index contributed by atoms with van der Waals surface area (Å²) in [6.45, 7) is 0. The normalized spacial score (nSPS) is 10.8. The number of hydrogen-bond acceptors (Lipinski definition) is 4. The number of nitrogens with two attached hydrogens (primary N) is 1. The van der Waals surface area contributed by atoms with Crippen molar-refractivity contribution in [3.05, 3.63) is 46.8 Å². The van der Waals surface area contributed by atoms with E-state index >= 15 is 0 Å². The van der Waals surface area contributed by atoms with Crippen LogP contribution < -0.4 is 11.4 Å². The number of H-pyrrole nitrogens is 1. The molecule has 2 heterocycles. The number of hydrogen-bond donors (Lipinski definition) is 2. The summed E-state index contributed by atoms with van der Waals surface area (Å²) >= 11 is 0. The van der Waals surface area contributed by atoms with Crippen LogP contribution in [0.4, 0.5) is 5.82 Å². The van der Waals surface area contributed by atoms with Gasteiger partial charge in [-0.3, -0.25) is 5.10 Å². The van der Waals surface area contributed by atoms with Crippen LogP contribution in [0.5, 0.6) is 0 Å². The molecule has 0 unspecified atom stereocenters. The number of nitrogens with zero attached hydrogens (tertiary/aromatic N) is 1. The molecule has 3 rings (SSSR count). The van der Waals surface area contributed by atoms with Gasteiger partial charge in [0.15, 0.2) is 5.82 Å². The molecule has 17 heavy (non-hydrogen) atoms. The lowest BCUT2D eigenvalue weighted by atomic mass is 10.1. The molecule has 2 aromatic heterocycles. The smallest absolute Gasteiger partial charge is 0.349 e. The monoisotopic (exact) mass is 227 g/mol. The van der Waals surface area contributed by atoms with Gasteiger partial charge in [-0.1, -0.05) is 30.3 Å². The molecule has 0 saturated carbocycles. The Morgan fingerprint density at radius 1 is 1.24 bits per heavy atom. The Hall–Kier alpha value is -2.56. The first-order valence-electron chi connectivity index (χ1n) is 5.09. The molecule has 5 heteroatoms. The third-order valence-corrected chi connectivity index (χ3v) is 2.56. The first-order valence-corrected chi connectivity index (χ1v) is 5.09. The van der Waals surface area contributed by atoms with Crippen LogP contribution in [0, 0.1) is 0 Å². The molecule has 0 aliphatic heterocycles. The SMILES string of the molecule is Nc1n[nH]c2cc(-c3ccccc3)oc(=O)c12. The van der Waals surface area contributed by atoms with Crippen LogP contribution >= 0.6 is 0 Å². The second-order valence-electron chi connectivity index (χ2n) is 3.66. The minimum absolute atomic E-state index is 0.161. The van der Waals surface area contributed by atoms with Crippen LogP contribution in [-0.4, -0.2) is 10.2 Å². The van der Waals surface area contributed by atoms with E-state index in [1.54, 1.807) is 6.07 Å². The lowest BCUT2D eigenvalue weighted by Crippen LogP contribution is -2.01. The van der Waals surface area contributed by atoms with Crippen LogP contribution in [-0.2, 0) is 0 Å². The van der Waals surface area contributed by atoms with Crippen molar-refractivity contribution in [1.82, 2.24) is 10.2 Å². The molecule has 0 bridgehead atoms. The van der Waals surface area contributed by atoms with E-state index < -0.39 is 5.63 Å². The maximum Gasteiger partial charge on any atom is 0.349 e. The second kappa shape index (κ2) is 3.48. The van der Waals surface area contributed by atoms with Gasteiger partial charge in [0.1, 0.15) is 11.1 Å². The van der Waals surface area contributed by atoms with E-state index in [1.165, 1.54) is 0 Å². The Morgan fingerprint density at radius 3 is 2.76 bits per heavy atom. The highest BCUT2D eigenvalue weighted by atomic mass is 16.4. The minimum atomic E-state index is -0.479. The molecule has 0 atom stereocenters. The Kier molecular flexibility index (Phi) is 1.98. The average molecular weight is 227 g/mol. The number of aromatic nitrogens is 2.